The molecule has 1 amide bonds. The molecule has 0 fully saturated rings. The molecule has 2 rings (SSSR count). The highest BCUT2D eigenvalue weighted by Gasteiger charge is 2.32. The number of fused-ring (bicyclic) bond motifs is 1. The summed E-state index contributed by atoms with van der Waals surface area (Å²) in [5.74, 6) is -1.13. The molecule has 0 aromatic carbocycles. The van der Waals surface area contributed by atoms with Crippen molar-refractivity contribution in [2.24, 2.45) is 0 Å². The highest BCUT2D eigenvalue weighted by atomic mass is 16.4. The Balaban J connectivity index is 2.29. The molecule has 0 aliphatic carbocycles. The van der Waals surface area contributed by atoms with Gasteiger partial charge >= 0.3 is 5.97 Å². The van der Waals surface area contributed by atoms with E-state index in [0.717, 1.165) is 5.69 Å². The van der Waals surface area contributed by atoms with Gasteiger partial charge in [0, 0.05) is 11.9 Å². The standard InChI is InChI=1S/C14H19N5O3/c1-4-14(5-2,8-10(20)21)17-12(22)11-16-13-15-7-6-9(3)19(13)18-11/h6-7H,4-5,8H2,1-3H3,(H,17,22)(H,20,21). The second-order valence-corrected chi connectivity index (χ2v) is 5.25. The summed E-state index contributed by atoms with van der Waals surface area (Å²) in [6.07, 6.45) is 2.46. The number of carboxylic acids is 1. The number of nitrogens with one attached hydrogen (secondary N) is 1. The lowest BCUT2D eigenvalue weighted by atomic mass is 9.89. The van der Waals surface area contributed by atoms with Gasteiger partial charge in [0.15, 0.2) is 0 Å². The van der Waals surface area contributed by atoms with Gasteiger partial charge in [-0.2, -0.15) is 4.98 Å². The van der Waals surface area contributed by atoms with Crippen LogP contribution >= 0.6 is 0 Å². The molecule has 0 aliphatic heterocycles. The summed E-state index contributed by atoms with van der Waals surface area (Å²) >= 11 is 0. The number of aliphatic carboxylic acids is 1. The fourth-order valence-corrected chi connectivity index (χ4v) is 2.31. The van der Waals surface area contributed by atoms with Crippen LogP contribution in [0.15, 0.2) is 12.3 Å². The van der Waals surface area contributed by atoms with Gasteiger partial charge < -0.3 is 10.4 Å². The zero-order valence-electron chi connectivity index (χ0n) is 12.8. The van der Waals surface area contributed by atoms with Crippen LogP contribution < -0.4 is 5.32 Å². The summed E-state index contributed by atoms with van der Waals surface area (Å²) in [4.78, 5) is 31.5. The van der Waals surface area contributed by atoms with Gasteiger partial charge in [-0.05, 0) is 25.8 Å². The molecule has 2 heterocycles. The minimum Gasteiger partial charge on any atom is -0.481 e. The summed E-state index contributed by atoms with van der Waals surface area (Å²) in [7, 11) is 0. The molecule has 0 saturated carbocycles. The van der Waals surface area contributed by atoms with Crippen molar-refractivity contribution in [3.8, 4) is 0 Å². The second kappa shape index (κ2) is 6.08. The zero-order valence-corrected chi connectivity index (χ0v) is 12.8. The van der Waals surface area contributed by atoms with E-state index in [-0.39, 0.29) is 12.2 Å². The average molecular weight is 305 g/mol. The van der Waals surface area contributed by atoms with Crippen LogP contribution in [-0.4, -0.2) is 42.1 Å². The highest BCUT2D eigenvalue weighted by molar-refractivity contribution is 5.91. The Morgan fingerprint density at radius 1 is 1.36 bits per heavy atom. The minimum atomic E-state index is -0.954. The van der Waals surface area contributed by atoms with E-state index in [0.29, 0.717) is 18.6 Å². The number of amides is 1. The third kappa shape index (κ3) is 3.05. The van der Waals surface area contributed by atoms with Crippen molar-refractivity contribution in [2.45, 2.75) is 45.6 Å². The number of nitrogens with zero attached hydrogens (tertiary/aromatic N) is 4. The Kier molecular flexibility index (Phi) is 4.39. The van der Waals surface area contributed by atoms with Gasteiger partial charge in [0.1, 0.15) is 0 Å². The van der Waals surface area contributed by atoms with E-state index in [2.05, 4.69) is 20.4 Å². The Morgan fingerprint density at radius 3 is 2.59 bits per heavy atom. The van der Waals surface area contributed by atoms with Crippen molar-refractivity contribution < 1.29 is 14.7 Å². The number of carbonyl (C=O) groups excluding carboxylic acids is 1. The molecular formula is C14H19N5O3. The van der Waals surface area contributed by atoms with E-state index in [1.165, 1.54) is 4.52 Å². The predicted octanol–water partition coefficient (Wildman–Crippen LogP) is 1.20. The Hall–Kier alpha value is -2.51. The molecule has 0 spiro atoms. The zero-order chi connectivity index (χ0) is 16.3. The van der Waals surface area contributed by atoms with Crippen LogP contribution in [-0.2, 0) is 4.79 Å². The number of rotatable bonds is 6. The normalized spacial score (nSPS) is 11.6. The van der Waals surface area contributed by atoms with Crippen molar-refractivity contribution in [3.63, 3.8) is 0 Å². The molecule has 0 aliphatic rings. The second-order valence-electron chi connectivity index (χ2n) is 5.25. The number of aromatic nitrogens is 4. The van der Waals surface area contributed by atoms with E-state index in [1.807, 2.05) is 20.8 Å². The van der Waals surface area contributed by atoms with Crippen molar-refractivity contribution in [1.29, 1.82) is 0 Å². The van der Waals surface area contributed by atoms with E-state index in [9.17, 15) is 9.59 Å². The van der Waals surface area contributed by atoms with Crippen LogP contribution in [0.3, 0.4) is 0 Å². The van der Waals surface area contributed by atoms with Gasteiger partial charge in [-0.3, -0.25) is 9.59 Å². The number of hydrogen-bond acceptors (Lipinski definition) is 5. The number of aryl methyl sites for hydroxylation is 1. The van der Waals surface area contributed by atoms with Crippen LogP contribution in [0.4, 0.5) is 0 Å². The molecule has 0 saturated heterocycles. The number of hydrogen-bond donors (Lipinski definition) is 2. The van der Waals surface area contributed by atoms with E-state index >= 15 is 0 Å². The maximum atomic E-state index is 12.4. The van der Waals surface area contributed by atoms with E-state index < -0.39 is 17.4 Å². The molecule has 0 radical (unpaired) electrons. The summed E-state index contributed by atoms with van der Waals surface area (Å²) < 4.78 is 1.48. The molecule has 0 atom stereocenters. The summed E-state index contributed by atoms with van der Waals surface area (Å²) in [6.45, 7) is 5.52. The molecule has 118 valence electrons. The van der Waals surface area contributed by atoms with Crippen molar-refractivity contribution in [2.75, 3.05) is 0 Å². The fourth-order valence-electron chi connectivity index (χ4n) is 2.31. The molecule has 8 nitrogen and oxygen atoms in total. The highest BCUT2D eigenvalue weighted by Crippen LogP contribution is 2.20. The molecule has 0 bridgehead atoms. The Morgan fingerprint density at radius 2 is 2.05 bits per heavy atom. The van der Waals surface area contributed by atoms with Crippen molar-refractivity contribution in [3.05, 3.63) is 23.8 Å². The largest absolute Gasteiger partial charge is 0.481 e. The van der Waals surface area contributed by atoms with Gasteiger partial charge in [0.2, 0.25) is 5.82 Å². The van der Waals surface area contributed by atoms with Gasteiger partial charge in [0.25, 0.3) is 11.7 Å². The molecule has 2 N–H and O–H groups in total. The Bertz CT molecular complexity index is 706. The van der Waals surface area contributed by atoms with Gasteiger partial charge in [0.05, 0.1) is 12.0 Å². The first-order valence-corrected chi connectivity index (χ1v) is 7.13. The monoisotopic (exact) mass is 305 g/mol. The van der Waals surface area contributed by atoms with Crippen LogP contribution in [0.2, 0.25) is 0 Å². The first-order valence-electron chi connectivity index (χ1n) is 7.13. The molecule has 2 aromatic heterocycles. The quantitative estimate of drug-likeness (QED) is 0.829. The van der Waals surface area contributed by atoms with Crippen LogP contribution in [0.25, 0.3) is 5.78 Å². The van der Waals surface area contributed by atoms with E-state index in [1.54, 1.807) is 12.3 Å². The van der Waals surface area contributed by atoms with Crippen LogP contribution in [0.1, 0.15) is 49.4 Å². The fraction of sp³-hybridized carbons (Fsp3) is 0.500. The Labute approximate surface area is 127 Å². The lowest BCUT2D eigenvalue weighted by Gasteiger charge is -2.30. The first kappa shape index (κ1) is 15.9. The summed E-state index contributed by atoms with van der Waals surface area (Å²) in [6, 6.07) is 1.76. The van der Waals surface area contributed by atoms with Crippen molar-refractivity contribution >= 4 is 17.7 Å². The molecule has 0 unspecified atom stereocenters. The molecule has 2 aromatic rings. The summed E-state index contributed by atoms with van der Waals surface area (Å²) in [5, 5.41) is 15.9. The third-order valence-electron chi connectivity index (χ3n) is 3.85. The van der Waals surface area contributed by atoms with Crippen molar-refractivity contribution in [1.82, 2.24) is 24.9 Å². The smallest absolute Gasteiger partial charge is 0.305 e. The van der Waals surface area contributed by atoms with Gasteiger partial charge in [-0.15, -0.1) is 5.10 Å². The first-order chi connectivity index (χ1) is 10.4. The minimum absolute atomic E-state index is 0.0153. The van der Waals surface area contributed by atoms with E-state index in [4.69, 9.17) is 5.11 Å². The molecular weight excluding hydrogens is 286 g/mol. The molecule has 8 heteroatoms. The predicted molar refractivity (Wildman–Crippen MR) is 78.6 cm³/mol. The SMILES string of the molecule is CCC(CC)(CC(=O)O)NC(=O)c1nc2nccc(C)n2n1. The average Bonchev–Trinajstić information content (AvgIpc) is 2.91. The number of carbonyl (C=O) groups is 2. The maximum absolute atomic E-state index is 12.4. The van der Waals surface area contributed by atoms with Gasteiger partial charge in [-0.1, -0.05) is 13.8 Å². The van der Waals surface area contributed by atoms with Gasteiger partial charge in [-0.25, -0.2) is 9.50 Å². The lowest BCUT2D eigenvalue weighted by Crippen LogP contribution is -2.49. The maximum Gasteiger partial charge on any atom is 0.305 e. The number of carboxylic acid groups (broad SMARTS) is 1. The third-order valence-corrected chi connectivity index (χ3v) is 3.85. The topological polar surface area (TPSA) is 109 Å². The van der Waals surface area contributed by atoms with Crippen LogP contribution in [0.5, 0.6) is 0 Å². The van der Waals surface area contributed by atoms with Crippen LogP contribution in [0, 0.1) is 6.92 Å². The summed E-state index contributed by atoms with van der Waals surface area (Å²) in [5.41, 5.74) is 0.00223. The lowest BCUT2D eigenvalue weighted by molar-refractivity contribution is -0.138. The molecule has 22 heavy (non-hydrogen) atoms.